The minimum Gasteiger partial charge on any atom is -0.342 e. The van der Waals surface area contributed by atoms with Crippen LogP contribution in [0.15, 0.2) is 0 Å². The number of aromatic amines is 1. The highest BCUT2D eigenvalue weighted by Gasteiger charge is 2.28. The predicted octanol–water partition coefficient (Wildman–Crippen LogP) is 0.103. The van der Waals surface area contributed by atoms with E-state index in [1.54, 1.807) is 0 Å². The van der Waals surface area contributed by atoms with Gasteiger partial charge in [-0.05, 0) is 13.8 Å². The van der Waals surface area contributed by atoms with Crippen LogP contribution in [0, 0.1) is 0 Å². The summed E-state index contributed by atoms with van der Waals surface area (Å²) in [7, 11) is 0. The maximum Gasteiger partial charge on any atom is 0.274 e. The van der Waals surface area contributed by atoms with E-state index in [-0.39, 0.29) is 24.2 Å². The lowest BCUT2D eigenvalue weighted by Gasteiger charge is -2.35. The molecule has 0 saturated carbocycles. The van der Waals surface area contributed by atoms with Crippen molar-refractivity contribution in [2.75, 3.05) is 52.4 Å². The van der Waals surface area contributed by atoms with Crippen LogP contribution < -0.4 is 5.32 Å². The maximum atomic E-state index is 12.8. The monoisotopic (exact) mass is 384 g/mol. The zero-order chi connectivity index (χ0) is 17.8. The standard InChI is InChI=1S/C17H28N6O2.ClH/c1-3-22(4-2)15(24)12-21-7-9-23(10-8-21)17(25)16-13-11-18-6-5-14(13)19-20-16;/h18H,3-12H2,1-2H3,(H,19,20);1H. The fourth-order valence-electron chi connectivity index (χ4n) is 3.53. The predicted molar refractivity (Wildman–Crippen MR) is 102 cm³/mol. The van der Waals surface area contributed by atoms with Crippen molar-refractivity contribution in [3.05, 3.63) is 17.0 Å². The second-order valence-corrected chi connectivity index (χ2v) is 6.59. The Hall–Kier alpha value is -1.64. The third kappa shape index (κ3) is 4.36. The average molecular weight is 385 g/mol. The normalized spacial score (nSPS) is 17.4. The van der Waals surface area contributed by atoms with Crippen molar-refractivity contribution in [1.29, 1.82) is 0 Å². The molecule has 3 rings (SSSR count). The number of hydrogen-bond donors (Lipinski definition) is 2. The first-order valence-electron chi connectivity index (χ1n) is 9.20. The van der Waals surface area contributed by atoms with E-state index in [2.05, 4.69) is 20.4 Å². The van der Waals surface area contributed by atoms with Gasteiger partial charge in [0.1, 0.15) is 0 Å². The lowest BCUT2D eigenvalue weighted by molar-refractivity contribution is -0.132. The van der Waals surface area contributed by atoms with Crippen LogP contribution in [0.1, 0.15) is 35.6 Å². The van der Waals surface area contributed by atoms with Gasteiger partial charge in [0, 0.05) is 70.0 Å². The highest BCUT2D eigenvalue weighted by atomic mass is 35.5. The zero-order valence-electron chi connectivity index (χ0n) is 15.6. The first-order chi connectivity index (χ1) is 12.1. The third-order valence-electron chi connectivity index (χ3n) is 5.14. The molecule has 0 atom stereocenters. The fraction of sp³-hybridized carbons (Fsp3) is 0.706. The van der Waals surface area contributed by atoms with E-state index in [0.29, 0.717) is 31.9 Å². The molecule has 0 radical (unpaired) electrons. The first-order valence-corrected chi connectivity index (χ1v) is 9.20. The highest BCUT2D eigenvalue weighted by Crippen LogP contribution is 2.18. The molecule has 2 aliphatic rings. The van der Waals surface area contributed by atoms with Crippen molar-refractivity contribution < 1.29 is 9.59 Å². The Kier molecular flexibility index (Phi) is 7.43. The van der Waals surface area contributed by atoms with Crippen LogP contribution in [0.25, 0.3) is 0 Å². The molecule has 3 heterocycles. The van der Waals surface area contributed by atoms with Gasteiger partial charge >= 0.3 is 0 Å². The molecule has 8 nitrogen and oxygen atoms in total. The number of carbonyl (C=O) groups excluding carboxylic acids is 2. The minimum atomic E-state index is -0.00378. The van der Waals surface area contributed by atoms with Crippen molar-refractivity contribution >= 4 is 24.2 Å². The first kappa shape index (κ1) is 20.7. The number of halogens is 1. The number of piperazine rings is 1. The summed E-state index contributed by atoms with van der Waals surface area (Å²) in [6.07, 6.45) is 0.886. The number of fused-ring (bicyclic) bond motifs is 1. The molecule has 0 spiro atoms. The van der Waals surface area contributed by atoms with E-state index in [9.17, 15) is 9.59 Å². The molecule has 1 aromatic heterocycles. The van der Waals surface area contributed by atoms with Gasteiger partial charge in [0.25, 0.3) is 5.91 Å². The number of aromatic nitrogens is 2. The number of likely N-dealkylation sites (N-methyl/N-ethyl adjacent to an activating group) is 1. The fourth-order valence-corrected chi connectivity index (χ4v) is 3.53. The average Bonchev–Trinajstić information content (AvgIpc) is 3.07. The van der Waals surface area contributed by atoms with Gasteiger partial charge in [-0.3, -0.25) is 19.6 Å². The van der Waals surface area contributed by atoms with Gasteiger partial charge in [-0.25, -0.2) is 0 Å². The maximum absolute atomic E-state index is 12.8. The molecular formula is C17H29ClN6O2. The molecule has 1 aromatic rings. The molecule has 0 unspecified atom stereocenters. The van der Waals surface area contributed by atoms with Gasteiger partial charge in [-0.15, -0.1) is 12.4 Å². The summed E-state index contributed by atoms with van der Waals surface area (Å²) < 4.78 is 0. The summed E-state index contributed by atoms with van der Waals surface area (Å²) in [4.78, 5) is 30.8. The summed E-state index contributed by atoms with van der Waals surface area (Å²) in [6.45, 7) is 10.3. The summed E-state index contributed by atoms with van der Waals surface area (Å²) in [6, 6.07) is 0. The number of rotatable bonds is 5. The summed E-state index contributed by atoms with van der Waals surface area (Å²) in [5.41, 5.74) is 2.64. The zero-order valence-corrected chi connectivity index (χ0v) is 16.4. The van der Waals surface area contributed by atoms with E-state index >= 15 is 0 Å². The lowest BCUT2D eigenvalue weighted by Crippen LogP contribution is -2.51. The van der Waals surface area contributed by atoms with E-state index < -0.39 is 0 Å². The molecule has 146 valence electrons. The number of H-pyrrole nitrogens is 1. The molecule has 9 heteroatoms. The largest absolute Gasteiger partial charge is 0.342 e. The Morgan fingerprint density at radius 1 is 1.15 bits per heavy atom. The summed E-state index contributed by atoms with van der Waals surface area (Å²) >= 11 is 0. The molecular weight excluding hydrogens is 356 g/mol. The quantitative estimate of drug-likeness (QED) is 0.752. The van der Waals surface area contributed by atoms with Crippen LogP contribution in [0.4, 0.5) is 0 Å². The van der Waals surface area contributed by atoms with Crippen LogP contribution >= 0.6 is 12.4 Å². The molecule has 1 fully saturated rings. The van der Waals surface area contributed by atoms with Gasteiger partial charge in [0.15, 0.2) is 5.69 Å². The number of nitrogens with one attached hydrogen (secondary N) is 2. The van der Waals surface area contributed by atoms with Crippen molar-refractivity contribution in [3.63, 3.8) is 0 Å². The molecule has 0 aromatic carbocycles. The SMILES string of the molecule is CCN(CC)C(=O)CN1CCN(C(=O)c2n[nH]c3c2CNCC3)CC1.Cl. The third-order valence-corrected chi connectivity index (χ3v) is 5.14. The highest BCUT2D eigenvalue weighted by molar-refractivity contribution is 5.94. The number of hydrogen-bond acceptors (Lipinski definition) is 5. The Morgan fingerprint density at radius 3 is 2.50 bits per heavy atom. The molecule has 0 aliphatic carbocycles. The van der Waals surface area contributed by atoms with Gasteiger partial charge in [0.05, 0.1) is 6.54 Å². The molecule has 2 aliphatic heterocycles. The van der Waals surface area contributed by atoms with E-state index in [4.69, 9.17) is 0 Å². The number of nitrogens with zero attached hydrogens (tertiary/aromatic N) is 4. The molecule has 2 amide bonds. The Morgan fingerprint density at radius 2 is 1.85 bits per heavy atom. The van der Waals surface area contributed by atoms with E-state index in [1.165, 1.54) is 0 Å². The van der Waals surface area contributed by atoms with E-state index in [1.807, 2.05) is 23.6 Å². The Balaban J connectivity index is 0.00000243. The van der Waals surface area contributed by atoms with Gasteiger partial charge < -0.3 is 15.1 Å². The van der Waals surface area contributed by atoms with Crippen molar-refractivity contribution in [2.24, 2.45) is 0 Å². The second kappa shape index (κ2) is 9.34. The van der Waals surface area contributed by atoms with E-state index in [0.717, 1.165) is 50.4 Å². The van der Waals surface area contributed by atoms with Crippen molar-refractivity contribution in [1.82, 2.24) is 30.2 Å². The topological polar surface area (TPSA) is 84.6 Å². The Bertz CT molecular complexity index is 623. The minimum absolute atomic E-state index is 0. The van der Waals surface area contributed by atoms with Gasteiger partial charge in [0.2, 0.25) is 5.91 Å². The van der Waals surface area contributed by atoms with Gasteiger partial charge in [-0.1, -0.05) is 0 Å². The lowest BCUT2D eigenvalue weighted by atomic mass is 10.1. The number of amides is 2. The summed E-state index contributed by atoms with van der Waals surface area (Å²) in [5, 5.41) is 10.6. The molecule has 26 heavy (non-hydrogen) atoms. The van der Waals surface area contributed by atoms with Crippen LogP contribution in [0.2, 0.25) is 0 Å². The van der Waals surface area contributed by atoms with Crippen LogP contribution in [0.3, 0.4) is 0 Å². The molecule has 2 N–H and O–H groups in total. The molecule has 0 bridgehead atoms. The van der Waals surface area contributed by atoms with Crippen molar-refractivity contribution in [2.45, 2.75) is 26.8 Å². The van der Waals surface area contributed by atoms with Crippen LogP contribution in [-0.2, 0) is 17.8 Å². The summed E-state index contributed by atoms with van der Waals surface area (Å²) in [5.74, 6) is 0.160. The molecule has 1 saturated heterocycles. The Labute approximate surface area is 160 Å². The number of carbonyl (C=O) groups is 2. The van der Waals surface area contributed by atoms with Crippen LogP contribution in [-0.4, -0.2) is 89.1 Å². The second-order valence-electron chi connectivity index (χ2n) is 6.59. The van der Waals surface area contributed by atoms with Gasteiger partial charge in [-0.2, -0.15) is 5.10 Å². The smallest absolute Gasteiger partial charge is 0.274 e. The van der Waals surface area contributed by atoms with Crippen molar-refractivity contribution in [3.8, 4) is 0 Å². The van der Waals surface area contributed by atoms with Crippen LogP contribution in [0.5, 0.6) is 0 Å².